The van der Waals surface area contributed by atoms with Crippen LogP contribution in [-0.4, -0.2) is 59.6 Å². The number of rotatable bonds is 6. The van der Waals surface area contributed by atoms with Crippen molar-refractivity contribution in [2.24, 2.45) is 11.8 Å². The lowest BCUT2D eigenvalue weighted by atomic mass is 9.82. The third kappa shape index (κ3) is 3.62. The van der Waals surface area contributed by atoms with E-state index < -0.39 is 6.10 Å². The standard InChI is InChI=1S/C19H29NO6/c1-18-5-3-11(7-14(18)25-18)16(22)20-9-13(21)10-24-17(23)12-4-6-19(2)15(8-12)26-19/h11-15,21H,3-10H2,1-2H3,(H,20,22). The maximum Gasteiger partial charge on any atom is 0.309 e. The molecule has 2 aliphatic heterocycles. The van der Waals surface area contributed by atoms with Gasteiger partial charge in [0, 0.05) is 12.5 Å². The third-order valence-electron chi connectivity index (χ3n) is 6.68. The van der Waals surface area contributed by atoms with Crippen LogP contribution in [0.5, 0.6) is 0 Å². The molecule has 2 N–H and O–H groups in total. The second-order valence-electron chi connectivity index (χ2n) is 8.81. The normalized spacial score (nSPS) is 44.3. The van der Waals surface area contributed by atoms with E-state index in [1.165, 1.54) is 0 Å². The lowest BCUT2D eigenvalue weighted by Crippen LogP contribution is -2.40. The Bertz CT molecular complexity index is 547. The second kappa shape index (κ2) is 6.46. The Morgan fingerprint density at radius 2 is 1.69 bits per heavy atom. The van der Waals surface area contributed by atoms with Crippen LogP contribution in [0, 0.1) is 11.8 Å². The van der Waals surface area contributed by atoms with Gasteiger partial charge in [-0.15, -0.1) is 0 Å². The molecule has 7 heteroatoms. The Kier molecular flexibility index (Phi) is 4.52. The van der Waals surface area contributed by atoms with Crippen LogP contribution >= 0.6 is 0 Å². The molecule has 4 rings (SSSR count). The summed E-state index contributed by atoms with van der Waals surface area (Å²) in [7, 11) is 0. The SMILES string of the molecule is CC12CCC(C(=O)NCC(O)COC(=O)C3CCC4(C)OC4C3)CC1O2. The molecule has 2 heterocycles. The van der Waals surface area contributed by atoms with Crippen LogP contribution in [0.3, 0.4) is 0 Å². The van der Waals surface area contributed by atoms with Crippen molar-refractivity contribution in [2.75, 3.05) is 13.2 Å². The molecule has 0 aromatic carbocycles. The number of hydrogen-bond donors (Lipinski definition) is 2. The number of carbonyl (C=O) groups is 2. The van der Waals surface area contributed by atoms with Crippen LogP contribution in [0.15, 0.2) is 0 Å². The highest BCUT2D eigenvalue weighted by molar-refractivity contribution is 5.79. The number of amides is 1. The topological polar surface area (TPSA) is 101 Å². The highest BCUT2D eigenvalue weighted by Crippen LogP contribution is 2.50. The van der Waals surface area contributed by atoms with Crippen molar-refractivity contribution in [3.05, 3.63) is 0 Å². The average Bonchev–Trinajstić information content (AvgIpc) is 3.48. The molecule has 146 valence electrons. The predicted octanol–water partition coefficient (Wildman–Crippen LogP) is 0.922. The summed E-state index contributed by atoms with van der Waals surface area (Å²) in [6.45, 7) is 4.17. The van der Waals surface area contributed by atoms with E-state index in [4.69, 9.17) is 14.2 Å². The molecular weight excluding hydrogens is 338 g/mol. The largest absolute Gasteiger partial charge is 0.463 e. The second-order valence-corrected chi connectivity index (χ2v) is 8.81. The fraction of sp³-hybridized carbons (Fsp3) is 0.895. The van der Waals surface area contributed by atoms with Crippen molar-refractivity contribution in [3.8, 4) is 0 Å². The number of ether oxygens (including phenoxy) is 3. The van der Waals surface area contributed by atoms with E-state index in [1.807, 2.05) is 0 Å². The minimum absolute atomic E-state index is 0.00738. The molecule has 4 fully saturated rings. The van der Waals surface area contributed by atoms with Crippen molar-refractivity contribution < 1.29 is 28.9 Å². The molecule has 2 saturated heterocycles. The Morgan fingerprint density at radius 1 is 1.12 bits per heavy atom. The fourth-order valence-corrected chi connectivity index (χ4v) is 4.46. The third-order valence-corrected chi connectivity index (χ3v) is 6.68. The highest BCUT2D eigenvalue weighted by Gasteiger charge is 2.57. The Labute approximate surface area is 153 Å². The van der Waals surface area contributed by atoms with E-state index in [-0.39, 0.29) is 60.3 Å². The molecule has 0 aromatic rings. The molecule has 7 nitrogen and oxygen atoms in total. The number of carbonyl (C=O) groups excluding carboxylic acids is 2. The number of fused-ring (bicyclic) bond motifs is 2. The number of epoxide rings is 2. The number of esters is 1. The van der Waals surface area contributed by atoms with E-state index in [1.54, 1.807) is 0 Å². The minimum Gasteiger partial charge on any atom is -0.463 e. The highest BCUT2D eigenvalue weighted by atomic mass is 16.6. The molecule has 26 heavy (non-hydrogen) atoms. The van der Waals surface area contributed by atoms with Gasteiger partial charge in [-0.25, -0.2) is 0 Å². The maximum atomic E-state index is 12.2. The number of nitrogens with one attached hydrogen (secondary N) is 1. The van der Waals surface area contributed by atoms with Gasteiger partial charge in [0.05, 0.1) is 29.3 Å². The predicted molar refractivity (Wildman–Crippen MR) is 91.2 cm³/mol. The lowest BCUT2D eigenvalue weighted by molar-refractivity contribution is -0.152. The van der Waals surface area contributed by atoms with E-state index in [0.717, 1.165) is 32.1 Å². The summed E-state index contributed by atoms with van der Waals surface area (Å²) in [5.74, 6) is -0.524. The molecule has 0 radical (unpaired) electrons. The number of aliphatic hydroxyl groups excluding tert-OH is 1. The Morgan fingerprint density at radius 3 is 2.31 bits per heavy atom. The molecule has 7 unspecified atom stereocenters. The summed E-state index contributed by atoms with van der Waals surface area (Å²) < 4.78 is 16.5. The van der Waals surface area contributed by atoms with Gasteiger partial charge in [-0.1, -0.05) is 0 Å². The number of hydrogen-bond acceptors (Lipinski definition) is 6. The molecule has 0 bridgehead atoms. The van der Waals surface area contributed by atoms with Gasteiger partial charge < -0.3 is 24.6 Å². The van der Waals surface area contributed by atoms with Crippen molar-refractivity contribution in [2.45, 2.75) is 81.9 Å². The van der Waals surface area contributed by atoms with Crippen molar-refractivity contribution >= 4 is 11.9 Å². The van der Waals surface area contributed by atoms with Gasteiger partial charge in [0.1, 0.15) is 12.7 Å². The summed E-state index contributed by atoms with van der Waals surface area (Å²) in [6.07, 6.45) is 4.29. The van der Waals surface area contributed by atoms with Gasteiger partial charge in [-0.3, -0.25) is 9.59 Å². The first-order chi connectivity index (χ1) is 12.3. The Balaban J connectivity index is 1.12. The van der Waals surface area contributed by atoms with Crippen LogP contribution in [-0.2, 0) is 23.8 Å². The zero-order chi connectivity index (χ0) is 18.5. The number of aliphatic hydroxyl groups is 1. The molecule has 7 atom stereocenters. The van der Waals surface area contributed by atoms with Crippen LogP contribution < -0.4 is 5.32 Å². The van der Waals surface area contributed by atoms with Gasteiger partial charge >= 0.3 is 5.97 Å². The summed E-state index contributed by atoms with van der Waals surface area (Å²) in [4.78, 5) is 24.4. The van der Waals surface area contributed by atoms with Gasteiger partial charge in [-0.05, 0) is 52.4 Å². The van der Waals surface area contributed by atoms with Crippen molar-refractivity contribution in [1.82, 2.24) is 5.32 Å². The van der Waals surface area contributed by atoms with Crippen molar-refractivity contribution in [3.63, 3.8) is 0 Å². The summed E-state index contributed by atoms with van der Waals surface area (Å²) >= 11 is 0. The van der Waals surface area contributed by atoms with Crippen LogP contribution in [0.4, 0.5) is 0 Å². The monoisotopic (exact) mass is 367 g/mol. The molecule has 4 aliphatic rings. The van der Waals surface area contributed by atoms with Gasteiger partial charge in [0.15, 0.2) is 0 Å². The summed E-state index contributed by atoms with van der Waals surface area (Å²) in [5.41, 5.74) is -0.0325. The van der Waals surface area contributed by atoms with Gasteiger partial charge in [0.2, 0.25) is 5.91 Å². The molecule has 2 saturated carbocycles. The van der Waals surface area contributed by atoms with Gasteiger partial charge in [0.25, 0.3) is 0 Å². The van der Waals surface area contributed by atoms with E-state index in [0.29, 0.717) is 6.42 Å². The zero-order valence-corrected chi connectivity index (χ0v) is 15.5. The summed E-state index contributed by atoms with van der Waals surface area (Å²) in [5, 5.41) is 12.8. The average molecular weight is 367 g/mol. The van der Waals surface area contributed by atoms with E-state index in [2.05, 4.69) is 19.2 Å². The van der Waals surface area contributed by atoms with Crippen LogP contribution in [0.1, 0.15) is 52.4 Å². The first-order valence-electron chi connectivity index (χ1n) is 9.77. The molecule has 1 amide bonds. The van der Waals surface area contributed by atoms with E-state index >= 15 is 0 Å². The molecule has 2 aliphatic carbocycles. The molecular formula is C19H29NO6. The molecule has 0 spiro atoms. The van der Waals surface area contributed by atoms with Crippen molar-refractivity contribution in [1.29, 1.82) is 0 Å². The quantitative estimate of drug-likeness (QED) is 0.535. The van der Waals surface area contributed by atoms with Crippen LogP contribution in [0.2, 0.25) is 0 Å². The molecule has 0 aromatic heterocycles. The Hall–Kier alpha value is -1.18. The fourth-order valence-electron chi connectivity index (χ4n) is 4.46. The first-order valence-corrected chi connectivity index (χ1v) is 9.77. The maximum absolute atomic E-state index is 12.2. The summed E-state index contributed by atoms with van der Waals surface area (Å²) in [6, 6.07) is 0. The van der Waals surface area contributed by atoms with E-state index in [9.17, 15) is 14.7 Å². The zero-order valence-electron chi connectivity index (χ0n) is 15.5. The first kappa shape index (κ1) is 18.2. The smallest absolute Gasteiger partial charge is 0.309 e. The minimum atomic E-state index is -0.889. The van der Waals surface area contributed by atoms with Gasteiger partial charge in [-0.2, -0.15) is 0 Å². The lowest BCUT2D eigenvalue weighted by Gasteiger charge is -2.23. The van der Waals surface area contributed by atoms with Crippen LogP contribution in [0.25, 0.3) is 0 Å².